The Morgan fingerprint density at radius 3 is 2.16 bits per heavy atom. The molecule has 32 heavy (non-hydrogen) atoms. The lowest BCUT2D eigenvalue weighted by Crippen LogP contribution is -2.53. The van der Waals surface area contributed by atoms with E-state index in [2.05, 4.69) is 31.2 Å². The van der Waals surface area contributed by atoms with Crippen LogP contribution in [0.4, 0.5) is 11.4 Å². The average Bonchev–Trinajstić information content (AvgIpc) is 3.10. The molecule has 160 valence electrons. The molecule has 1 fully saturated rings. The third-order valence-electron chi connectivity index (χ3n) is 7.66. The normalized spacial score (nSPS) is 27.2. The number of amides is 2. The standard InChI is InChI=1S/C26H21N2O4/c1-2-26-19-12-5-3-10-17(19)21(18-11-4-6-13-20(18)26)22-23(26)25(30)27(24(22)29)15-8-7-9-16(14-15)28(31)32/h3-14,21-23,31H,2H2,1H3/q-1. The molecule has 4 aliphatic rings. The molecule has 0 radical (unpaired) electrons. The number of imide groups is 1. The molecule has 1 N–H and O–H groups in total. The second-order valence-electron chi connectivity index (χ2n) is 8.79. The van der Waals surface area contributed by atoms with Crippen molar-refractivity contribution in [3.8, 4) is 0 Å². The zero-order valence-electron chi connectivity index (χ0n) is 17.4. The van der Waals surface area contributed by atoms with Crippen LogP contribution in [-0.2, 0) is 15.0 Å². The fourth-order valence-electron chi connectivity index (χ4n) is 6.54. The number of carbonyl (C=O) groups is 2. The lowest BCUT2D eigenvalue weighted by atomic mass is 9.46. The average molecular weight is 425 g/mol. The van der Waals surface area contributed by atoms with Crippen LogP contribution in [0.2, 0.25) is 0 Å². The highest BCUT2D eigenvalue weighted by atomic mass is 16.8. The molecule has 1 aliphatic heterocycles. The second-order valence-corrected chi connectivity index (χ2v) is 8.79. The van der Waals surface area contributed by atoms with E-state index in [1.165, 1.54) is 17.0 Å². The van der Waals surface area contributed by atoms with Crippen molar-refractivity contribution < 1.29 is 14.8 Å². The van der Waals surface area contributed by atoms with Crippen LogP contribution in [0.3, 0.4) is 0 Å². The number of hydrogen-bond acceptors (Lipinski definition) is 5. The van der Waals surface area contributed by atoms with Crippen molar-refractivity contribution in [2.45, 2.75) is 24.7 Å². The molecule has 2 unspecified atom stereocenters. The molecule has 6 heteroatoms. The van der Waals surface area contributed by atoms with Crippen LogP contribution in [0, 0.1) is 17.0 Å². The number of hydrogen-bond donors (Lipinski definition) is 1. The van der Waals surface area contributed by atoms with Crippen molar-refractivity contribution in [2.75, 3.05) is 10.1 Å². The van der Waals surface area contributed by atoms with Crippen LogP contribution in [0.5, 0.6) is 0 Å². The van der Waals surface area contributed by atoms with Crippen molar-refractivity contribution in [2.24, 2.45) is 11.8 Å². The summed E-state index contributed by atoms with van der Waals surface area (Å²) in [5.74, 6) is -1.72. The maximum absolute atomic E-state index is 14.0. The molecule has 1 heterocycles. The van der Waals surface area contributed by atoms with E-state index in [9.17, 15) is 20.0 Å². The summed E-state index contributed by atoms with van der Waals surface area (Å²) in [5, 5.41) is 20.5. The van der Waals surface area contributed by atoms with E-state index in [4.69, 9.17) is 0 Å². The largest absolute Gasteiger partial charge is 0.733 e. The van der Waals surface area contributed by atoms with Crippen LogP contribution in [0.1, 0.15) is 41.5 Å². The van der Waals surface area contributed by atoms with Gasteiger partial charge in [0.2, 0.25) is 11.8 Å². The zero-order valence-corrected chi connectivity index (χ0v) is 17.4. The number of nitrogens with zero attached hydrogens (tertiary/aromatic N) is 2. The van der Waals surface area contributed by atoms with Gasteiger partial charge in [-0.15, -0.1) is 0 Å². The van der Waals surface area contributed by atoms with E-state index in [1.807, 2.05) is 24.3 Å². The van der Waals surface area contributed by atoms with Crippen LogP contribution < -0.4 is 10.1 Å². The third-order valence-corrected chi connectivity index (χ3v) is 7.66. The Hall–Kier alpha value is -3.48. The number of carbonyl (C=O) groups excluding carboxylic acids is 2. The van der Waals surface area contributed by atoms with E-state index < -0.39 is 17.3 Å². The summed E-state index contributed by atoms with van der Waals surface area (Å²) < 4.78 is 0. The summed E-state index contributed by atoms with van der Waals surface area (Å²) in [6.07, 6.45) is 0.687. The Morgan fingerprint density at radius 1 is 0.938 bits per heavy atom. The Kier molecular flexibility index (Phi) is 3.91. The molecule has 0 saturated carbocycles. The van der Waals surface area contributed by atoms with Crippen molar-refractivity contribution in [1.29, 1.82) is 0 Å². The summed E-state index contributed by atoms with van der Waals surface area (Å²) in [6.45, 7) is 2.08. The van der Waals surface area contributed by atoms with Crippen molar-refractivity contribution in [3.05, 3.63) is 100 Å². The van der Waals surface area contributed by atoms with Gasteiger partial charge < -0.3 is 10.4 Å². The molecule has 2 atom stereocenters. The number of rotatable bonds is 3. The first-order valence-corrected chi connectivity index (χ1v) is 10.8. The highest BCUT2D eigenvalue weighted by molar-refractivity contribution is 6.24. The van der Waals surface area contributed by atoms with Gasteiger partial charge in [-0.1, -0.05) is 61.5 Å². The number of anilines is 2. The first-order chi connectivity index (χ1) is 15.5. The van der Waals surface area contributed by atoms with Gasteiger partial charge in [-0.2, -0.15) is 0 Å². The minimum absolute atomic E-state index is 0.0299. The van der Waals surface area contributed by atoms with Crippen LogP contribution in [0.15, 0.2) is 72.8 Å². The molecule has 1 saturated heterocycles. The fourth-order valence-corrected chi connectivity index (χ4v) is 6.54. The molecule has 0 spiro atoms. The van der Waals surface area contributed by atoms with Gasteiger partial charge in [-0.3, -0.25) is 14.8 Å². The molecular formula is C26H21N2O4-. The topological polar surface area (TPSA) is 83.9 Å². The predicted molar refractivity (Wildman–Crippen MR) is 119 cm³/mol. The third kappa shape index (κ3) is 2.16. The van der Waals surface area contributed by atoms with Gasteiger partial charge in [-0.05, 0) is 46.9 Å². The van der Waals surface area contributed by atoms with Gasteiger partial charge in [0, 0.05) is 11.3 Å². The highest BCUT2D eigenvalue weighted by Gasteiger charge is 2.67. The van der Waals surface area contributed by atoms with Crippen molar-refractivity contribution in [1.82, 2.24) is 0 Å². The zero-order chi connectivity index (χ0) is 22.2. The summed E-state index contributed by atoms with van der Waals surface area (Å²) in [6, 6.07) is 22.3. The Balaban J connectivity index is 1.60. The SMILES string of the molecule is CCC12c3ccccc3C(c3ccccc31)C1C(=O)N(c3cccc(N([O-])O)c3)C(=O)C12. The second kappa shape index (κ2) is 6.51. The minimum atomic E-state index is -0.590. The number of benzene rings is 3. The molecule has 3 aromatic rings. The molecule has 2 bridgehead atoms. The fraction of sp³-hybridized carbons (Fsp3) is 0.231. The molecular weight excluding hydrogens is 404 g/mol. The summed E-state index contributed by atoms with van der Waals surface area (Å²) in [5.41, 5.74) is 4.18. The van der Waals surface area contributed by atoms with Gasteiger partial charge in [-0.25, -0.2) is 4.90 Å². The molecule has 0 aromatic heterocycles. The quantitative estimate of drug-likeness (QED) is 0.499. The van der Waals surface area contributed by atoms with Crippen LogP contribution in [-0.4, -0.2) is 17.0 Å². The maximum atomic E-state index is 14.0. The van der Waals surface area contributed by atoms with Crippen LogP contribution in [0.25, 0.3) is 0 Å². The first kappa shape index (κ1) is 19.2. The Bertz CT molecular complexity index is 1240. The summed E-state index contributed by atoms with van der Waals surface area (Å²) in [7, 11) is 0. The van der Waals surface area contributed by atoms with E-state index >= 15 is 0 Å². The van der Waals surface area contributed by atoms with Gasteiger partial charge in [0.15, 0.2) is 0 Å². The van der Waals surface area contributed by atoms with E-state index in [-0.39, 0.29) is 28.6 Å². The van der Waals surface area contributed by atoms with E-state index in [1.54, 1.807) is 12.1 Å². The monoisotopic (exact) mass is 425 g/mol. The lowest BCUT2D eigenvalue weighted by Gasteiger charge is -2.54. The molecule has 2 amide bonds. The smallest absolute Gasteiger partial charge is 0.238 e. The Morgan fingerprint density at radius 2 is 1.56 bits per heavy atom. The van der Waals surface area contributed by atoms with Gasteiger partial charge >= 0.3 is 0 Å². The van der Waals surface area contributed by atoms with Crippen molar-refractivity contribution >= 4 is 23.2 Å². The van der Waals surface area contributed by atoms with Crippen molar-refractivity contribution in [3.63, 3.8) is 0 Å². The summed E-state index contributed by atoms with van der Waals surface area (Å²) in [4.78, 5) is 29.0. The molecule has 6 nitrogen and oxygen atoms in total. The summed E-state index contributed by atoms with van der Waals surface area (Å²) >= 11 is 0. The van der Waals surface area contributed by atoms with E-state index in [0.29, 0.717) is 12.1 Å². The van der Waals surface area contributed by atoms with Gasteiger partial charge in [0.25, 0.3) is 0 Å². The minimum Gasteiger partial charge on any atom is -0.733 e. The predicted octanol–water partition coefficient (Wildman–Crippen LogP) is 4.34. The molecule has 7 rings (SSSR count). The van der Waals surface area contributed by atoms with Gasteiger partial charge in [0.1, 0.15) is 0 Å². The van der Waals surface area contributed by atoms with Crippen LogP contribution >= 0.6 is 0 Å². The maximum Gasteiger partial charge on any atom is 0.238 e. The highest BCUT2D eigenvalue weighted by Crippen LogP contribution is 2.65. The molecule has 3 aliphatic carbocycles. The Labute approximate surface area is 185 Å². The van der Waals surface area contributed by atoms with E-state index in [0.717, 1.165) is 22.3 Å². The molecule has 3 aromatic carbocycles. The van der Waals surface area contributed by atoms with Gasteiger partial charge in [0.05, 0.1) is 23.2 Å². The first-order valence-electron chi connectivity index (χ1n) is 10.8. The lowest BCUT2D eigenvalue weighted by molar-refractivity contribution is -0.123.